The number of hydrogen-bond donors (Lipinski definition) is 1. The van der Waals surface area contributed by atoms with Gasteiger partial charge in [-0.2, -0.15) is 0 Å². The predicted octanol–water partition coefficient (Wildman–Crippen LogP) is 3.77. The fraction of sp³-hybridized carbons (Fsp3) is 0.500. The number of piperidine rings is 1. The van der Waals surface area contributed by atoms with Crippen LogP contribution in [0.2, 0.25) is 0 Å². The molecule has 0 atom stereocenters. The van der Waals surface area contributed by atoms with Crippen molar-refractivity contribution in [2.45, 2.75) is 25.8 Å². The highest BCUT2D eigenvalue weighted by molar-refractivity contribution is 7.13. The lowest BCUT2D eigenvalue weighted by Gasteiger charge is -2.31. The number of aromatic nitrogens is 1. The van der Waals surface area contributed by atoms with Crippen LogP contribution >= 0.6 is 11.3 Å². The molecule has 2 heterocycles. The van der Waals surface area contributed by atoms with Gasteiger partial charge >= 0.3 is 0 Å². The number of likely N-dealkylation sites (tertiary alicyclic amines) is 1. The Morgan fingerprint density at radius 1 is 1.26 bits per heavy atom. The minimum absolute atomic E-state index is 0.202. The SMILES string of the molecule is CNCCC1CCN(Cc2csc(-c3ccc(F)cc3)n2)CC1. The van der Waals surface area contributed by atoms with Crippen LogP contribution in [0.1, 0.15) is 25.0 Å². The minimum Gasteiger partial charge on any atom is -0.320 e. The zero-order valence-corrected chi connectivity index (χ0v) is 14.4. The molecule has 0 amide bonds. The number of rotatable bonds is 6. The van der Waals surface area contributed by atoms with Crippen LogP contribution in [0.4, 0.5) is 4.39 Å². The summed E-state index contributed by atoms with van der Waals surface area (Å²) in [5.74, 6) is 0.663. The molecular weight excluding hydrogens is 309 g/mol. The monoisotopic (exact) mass is 333 g/mol. The van der Waals surface area contributed by atoms with Gasteiger partial charge < -0.3 is 5.32 Å². The molecule has 1 saturated heterocycles. The molecule has 3 rings (SSSR count). The summed E-state index contributed by atoms with van der Waals surface area (Å²) in [4.78, 5) is 7.22. The van der Waals surface area contributed by atoms with E-state index in [0.717, 1.165) is 48.4 Å². The molecule has 0 aliphatic carbocycles. The van der Waals surface area contributed by atoms with Crippen molar-refractivity contribution < 1.29 is 4.39 Å². The highest BCUT2D eigenvalue weighted by Crippen LogP contribution is 2.26. The van der Waals surface area contributed by atoms with E-state index < -0.39 is 0 Å². The molecule has 1 aromatic carbocycles. The molecule has 1 aromatic heterocycles. The van der Waals surface area contributed by atoms with Crippen LogP contribution < -0.4 is 5.32 Å². The van der Waals surface area contributed by atoms with Gasteiger partial charge in [-0.05, 0) is 76.1 Å². The van der Waals surface area contributed by atoms with Gasteiger partial charge in [0.15, 0.2) is 0 Å². The second-order valence-electron chi connectivity index (χ2n) is 6.26. The molecule has 124 valence electrons. The van der Waals surface area contributed by atoms with Gasteiger partial charge in [-0.15, -0.1) is 11.3 Å². The summed E-state index contributed by atoms with van der Waals surface area (Å²) in [6, 6.07) is 6.58. The summed E-state index contributed by atoms with van der Waals surface area (Å²) in [6.45, 7) is 4.38. The molecule has 0 unspecified atom stereocenters. The molecular formula is C18H24FN3S. The maximum atomic E-state index is 13.0. The minimum atomic E-state index is -0.202. The summed E-state index contributed by atoms with van der Waals surface area (Å²) in [5.41, 5.74) is 2.12. The first-order valence-electron chi connectivity index (χ1n) is 8.32. The van der Waals surface area contributed by atoms with Crippen molar-refractivity contribution in [3.8, 4) is 10.6 Å². The fourth-order valence-electron chi connectivity index (χ4n) is 3.12. The van der Waals surface area contributed by atoms with Crippen molar-refractivity contribution in [2.75, 3.05) is 26.7 Å². The molecule has 5 heteroatoms. The van der Waals surface area contributed by atoms with E-state index in [1.165, 1.54) is 31.4 Å². The zero-order valence-electron chi connectivity index (χ0n) is 13.6. The van der Waals surface area contributed by atoms with E-state index in [2.05, 4.69) is 15.6 Å². The van der Waals surface area contributed by atoms with Crippen molar-refractivity contribution in [1.29, 1.82) is 0 Å². The van der Waals surface area contributed by atoms with Crippen LogP contribution in [0.3, 0.4) is 0 Å². The standard InChI is InChI=1S/C18H24FN3S/c1-20-9-6-14-7-10-22(11-8-14)12-17-13-23-18(21-17)15-2-4-16(19)5-3-15/h2-5,13-14,20H,6-12H2,1H3. The lowest BCUT2D eigenvalue weighted by atomic mass is 9.93. The Bertz CT molecular complexity index is 603. The maximum absolute atomic E-state index is 13.0. The maximum Gasteiger partial charge on any atom is 0.123 e. The van der Waals surface area contributed by atoms with E-state index in [1.807, 2.05) is 7.05 Å². The third-order valence-corrected chi connectivity index (χ3v) is 5.48. The van der Waals surface area contributed by atoms with Gasteiger partial charge in [0, 0.05) is 17.5 Å². The third kappa shape index (κ3) is 4.59. The van der Waals surface area contributed by atoms with E-state index in [4.69, 9.17) is 4.98 Å². The number of nitrogens with one attached hydrogen (secondary N) is 1. The van der Waals surface area contributed by atoms with Crippen molar-refractivity contribution in [2.24, 2.45) is 5.92 Å². The number of nitrogens with zero attached hydrogens (tertiary/aromatic N) is 2. The highest BCUT2D eigenvalue weighted by atomic mass is 32.1. The topological polar surface area (TPSA) is 28.2 Å². The van der Waals surface area contributed by atoms with Crippen LogP contribution in [-0.2, 0) is 6.54 Å². The summed E-state index contributed by atoms with van der Waals surface area (Å²) in [5, 5.41) is 6.35. The van der Waals surface area contributed by atoms with Gasteiger partial charge in [0.05, 0.1) is 5.69 Å². The quantitative estimate of drug-likeness (QED) is 0.872. The Balaban J connectivity index is 1.53. The summed E-state index contributed by atoms with van der Waals surface area (Å²) in [7, 11) is 2.02. The predicted molar refractivity (Wildman–Crippen MR) is 94.1 cm³/mol. The van der Waals surface area contributed by atoms with E-state index in [0.29, 0.717) is 0 Å². The Hall–Kier alpha value is -1.30. The Morgan fingerprint density at radius 2 is 2.00 bits per heavy atom. The Morgan fingerprint density at radius 3 is 2.70 bits per heavy atom. The van der Waals surface area contributed by atoms with Crippen LogP contribution in [0.25, 0.3) is 10.6 Å². The van der Waals surface area contributed by atoms with E-state index >= 15 is 0 Å². The van der Waals surface area contributed by atoms with Crippen molar-refractivity contribution in [3.05, 3.63) is 41.2 Å². The van der Waals surface area contributed by atoms with Gasteiger partial charge in [0.2, 0.25) is 0 Å². The van der Waals surface area contributed by atoms with Gasteiger partial charge in [-0.1, -0.05) is 0 Å². The van der Waals surface area contributed by atoms with Crippen LogP contribution in [-0.4, -0.2) is 36.6 Å². The van der Waals surface area contributed by atoms with Gasteiger partial charge in [-0.25, -0.2) is 9.37 Å². The second-order valence-corrected chi connectivity index (χ2v) is 7.12. The number of hydrogen-bond acceptors (Lipinski definition) is 4. The first-order chi connectivity index (χ1) is 11.2. The van der Waals surface area contributed by atoms with Gasteiger partial charge in [0.1, 0.15) is 10.8 Å². The van der Waals surface area contributed by atoms with E-state index in [9.17, 15) is 4.39 Å². The molecule has 3 nitrogen and oxygen atoms in total. The Labute approximate surface area is 141 Å². The van der Waals surface area contributed by atoms with Gasteiger partial charge in [0.25, 0.3) is 0 Å². The molecule has 1 N–H and O–H groups in total. The van der Waals surface area contributed by atoms with Crippen LogP contribution in [0.5, 0.6) is 0 Å². The largest absolute Gasteiger partial charge is 0.320 e. The average molecular weight is 333 g/mol. The van der Waals surface area contributed by atoms with E-state index in [-0.39, 0.29) is 5.82 Å². The second kappa shape index (κ2) is 7.99. The number of halogens is 1. The van der Waals surface area contributed by atoms with Crippen LogP contribution in [0, 0.1) is 11.7 Å². The molecule has 0 spiro atoms. The van der Waals surface area contributed by atoms with Crippen molar-refractivity contribution in [3.63, 3.8) is 0 Å². The average Bonchev–Trinajstić information content (AvgIpc) is 3.03. The molecule has 1 fully saturated rings. The first kappa shape index (κ1) is 16.6. The summed E-state index contributed by atoms with van der Waals surface area (Å²) >= 11 is 1.64. The molecule has 1 aliphatic heterocycles. The Kier molecular flexibility index (Phi) is 5.75. The zero-order chi connectivity index (χ0) is 16.1. The molecule has 0 radical (unpaired) electrons. The normalized spacial score (nSPS) is 16.8. The van der Waals surface area contributed by atoms with Crippen LogP contribution in [0.15, 0.2) is 29.6 Å². The lowest BCUT2D eigenvalue weighted by molar-refractivity contribution is 0.171. The summed E-state index contributed by atoms with van der Waals surface area (Å²) in [6.07, 6.45) is 3.86. The number of thiazole rings is 1. The fourth-order valence-corrected chi connectivity index (χ4v) is 3.93. The smallest absolute Gasteiger partial charge is 0.123 e. The number of benzene rings is 1. The summed E-state index contributed by atoms with van der Waals surface area (Å²) < 4.78 is 13.0. The molecule has 1 aliphatic rings. The third-order valence-electron chi connectivity index (χ3n) is 4.54. The molecule has 0 saturated carbocycles. The van der Waals surface area contributed by atoms with E-state index in [1.54, 1.807) is 23.5 Å². The van der Waals surface area contributed by atoms with Gasteiger partial charge in [-0.3, -0.25) is 4.90 Å². The first-order valence-corrected chi connectivity index (χ1v) is 9.20. The van der Waals surface area contributed by atoms with Crippen molar-refractivity contribution in [1.82, 2.24) is 15.2 Å². The lowest BCUT2D eigenvalue weighted by Crippen LogP contribution is -2.34. The molecule has 2 aromatic rings. The molecule has 0 bridgehead atoms. The molecule has 23 heavy (non-hydrogen) atoms. The highest BCUT2D eigenvalue weighted by Gasteiger charge is 2.19. The van der Waals surface area contributed by atoms with Crippen molar-refractivity contribution >= 4 is 11.3 Å².